The van der Waals surface area contributed by atoms with Gasteiger partial charge in [0.25, 0.3) is 0 Å². The van der Waals surface area contributed by atoms with Crippen LogP contribution >= 0.6 is 0 Å². The lowest BCUT2D eigenvalue weighted by Gasteiger charge is -1.89. The summed E-state index contributed by atoms with van der Waals surface area (Å²) in [5.74, 6) is -0.207. The van der Waals surface area contributed by atoms with Crippen molar-refractivity contribution >= 4 is 6.08 Å². The first-order valence-electron chi connectivity index (χ1n) is 3.04. The van der Waals surface area contributed by atoms with Gasteiger partial charge in [-0.05, 0) is 24.6 Å². The Morgan fingerprint density at radius 2 is 1.80 bits per heavy atom. The molecule has 0 bridgehead atoms. The van der Waals surface area contributed by atoms with Gasteiger partial charge in [-0.2, -0.15) is 0 Å². The summed E-state index contributed by atoms with van der Waals surface area (Å²) < 4.78 is 12.3. The molecule has 0 atom stereocenters. The first-order chi connectivity index (χ1) is 4.83. The maximum Gasteiger partial charge on any atom is 0.123 e. The standard InChI is InChI=1S/C9H8F/c1-2-3-8-4-6-9(10)7-5-8/h2-7H,1H2/b3-2+. The molecule has 51 valence electrons. The lowest BCUT2D eigenvalue weighted by Crippen LogP contribution is -1.72. The third-order valence-electron chi connectivity index (χ3n) is 1.18. The molecule has 0 saturated carbocycles. The van der Waals surface area contributed by atoms with Crippen molar-refractivity contribution in [2.45, 2.75) is 0 Å². The third-order valence-corrected chi connectivity index (χ3v) is 1.18. The molecule has 0 N–H and O–H groups in total. The average Bonchev–Trinajstić information content (AvgIpc) is 1.95. The maximum absolute atomic E-state index is 12.3. The van der Waals surface area contributed by atoms with Gasteiger partial charge < -0.3 is 0 Å². The van der Waals surface area contributed by atoms with Gasteiger partial charge in [0.1, 0.15) is 5.82 Å². The molecule has 0 aliphatic carbocycles. The van der Waals surface area contributed by atoms with E-state index < -0.39 is 0 Å². The van der Waals surface area contributed by atoms with Gasteiger partial charge in [0, 0.05) is 0 Å². The Labute approximate surface area is 60.0 Å². The van der Waals surface area contributed by atoms with Crippen molar-refractivity contribution < 1.29 is 4.39 Å². The van der Waals surface area contributed by atoms with E-state index in [2.05, 4.69) is 6.92 Å². The first kappa shape index (κ1) is 7.00. The van der Waals surface area contributed by atoms with Gasteiger partial charge in [0.2, 0.25) is 0 Å². The molecule has 0 fully saturated rings. The predicted octanol–water partition coefficient (Wildman–Crippen LogP) is 2.67. The van der Waals surface area contributed by atoms with Crippen LogP contribution in [-0.2, 0) is 0 Å². The second kappa shape index (κ2) is 3.16. The van der Waals surface area contributed by atoms with Crippen LogP contribution in [0.1, 0.15) is 5.56 Å². The van der Waals surface area contributed by atoms with Crippen LogP contribution in [0.3, 0.4) is 0 Å². The lowest BCUT2D eigenvalue weighted by molar-refractivity contribution is 0.628. The van der Waals surface area contributed by atoms with Crippen LogP contribution in [-0.4, -0.2) is 0 Å². The molecule has 0 spiro atoms. The van der Waals surface area contributed by atoms with Crippen LogP contribution in [0.25, 0.3) is 6.08 Å². The molecular formula is C9H8F. The van der Waals surface area contributed by atoms with Crippen LogP contribution in [0, 0.1) is 12.7 Å². The summed E-state index contributed by atoms with van der Waals surface area (Å²) >= 11 is 0. The summed E-state index contributed by atoms with van der Waals surface area (Å²) in [4.78, 5) is 0. The normalized spacial score (nSPS) is 10.6. The van der Waals surface area contributed by atoms with E-state index in [0.29, 0.717) is 0 Å². The molecule has 0 aliphatic heterocycles. The number of rotatable bonds is 1. The summed E-state index contributed by atoms with van der Waals surface area (Å²) in [6, 6.07) is 6.26. The summed E-state index contributed by atoms with van der Waals surface area (Å²) in [7, 11) is 0. The molecule has 1 rings (SSSR count). The zero-order valence-corrected chi connectivity index (χ0v) is 5.55. The molecule has 0 nitrogen and oxygen atoms in total. The maximum atomic E-state index is 12.3. The highest BCUT2D eigenvalue weighted by molar-refractivity contribution is 5.49. The minimum absolute atomic E-state index is 0.207. The van der Waals surface area contributed by atoms with E-state index in [-0.39, 0.29) is 5.82 Å². The Hall–Kier alpha value is -1.11. The smallest absolute Gasteiger partial charge is 0.123 e. The van der Waals surface area contributed by atoms with E-state index in [1.165, 1.54) is 12.1 Å². The Morgan fingerprint density at radius 3 is 2.30 bits per heavy atom. The summed E-state index contributed by atoms with van der Waals surface area (Å²) in [6.45, 7) is 3.53. The van der Waals surface area contributed by atoms with E-state index in [1.54, 1.807) is 18.2 Å². The Kier molecular flexibility index (Phi) is 2.21. The molecule has 0 aromatic heterocycles. The van der Waals surface area contributed by atoms with Crippen LogP contribution in [0.4, 0.5) is 4.39 Å². The quantitative estimate of drug-likeness (QED) is 0.555. The van der Waals surface area contributed by atoms with Crippen molar-refractivity contribution in [3.05, 3.63) is 48.6 Å². The fourth-order valence-corrected chi connectivity index (χ4v) is 0.710. The molecule has 10 heavy (non-hydrogen) atoms. The Bertz CT molecular complexity index is 221. The number of benzene rings is 1. The van der Waals surface area contributed by atoms with E-state index in [0.717, 1.165) is 5.56 Å². The first-order valence-corrected chi connectivity index (χ1v) is 3.04. The molecule has 1 radical (unpaired) electrons. The van der Waals surface area contributed by atoms with Crippen LogP contribution < -0.4 is 0 Å². The average molecular weight is 135 g/mol. The zero-order valence-electron chi connectivity index (χ0n) is 5.55. The molecule has 0 heterocycles. The van der Waals surface area contributed by atoms with Gasteiger partial charge in [-0.1, -0.05) is 24.3 Å². The van der Waals surface area contributed by atoms with Crippen LogP contribution in [0.15, 0.2) is 30.3 Å². The third kappa shape index (κ3) is 1.69. The van der Waals surface area contributed by atoms with Gasteiger partial charge >= 0.3 is 0 Å². The molecule has 1 aromatic carbocycles. The minimum atomic E-state index is -0.207. The zero-order chi connectivity index (χ0) is 7.40. The minimum Gasteiger partial charge on any atom is -0.207 e. The predicted molar refractivity (Wildman–Crippen MR) is 40.8 cm³/mol. The molecule has 0 saturated heterocycles. The molecule has 0 aliphatic rings. The van der Waals surface area contributed by atoms with Gasteiger partial charge in [-0.3, -0.25) is 0 Å². The lowest BCUT2D eigenvalue weighted by atomic mass is 10.2. The van der Waals surface area contributed by atoms with E-state index >= 15 is 0 Å². The number of hydrogen-bond acceptors (Lipinski definition) is 0. The van der Waals surface area contributed by atoms with Gasteiger partial charge in [-0.15, -0.1) is 0 Å². The molecule has 1 heteroatoms. The van der Waals surface area contributed by atoms with Crippen LogP contribution in [0.2, 0.25) is 0 Å². The highest BCUT2D eigenvalue weighted by Crippen LogP contribution is 2.03. The molecule has 0 unspecified atom stereocenters. The van der Waals surface area contributed by atoms with Crippen molar-refractivity contribution in [1.82, 2.24) is 0 Å². The van der Waals surface area contributed by atoms with E-state index in [9.17, 15) is 4.39 Å². The summed E-state index contributed by atoms with van der Waals surface area (Å²) in [6.07, 6.45) is 3.49. The number of hydrogen-bond donors (Lipinski definition) is 0. The topological polar surface area (TPSA) is 0 Å². The molecular weight excluding hydrogens is 127 g/mol. The molecule has 0 amide bonds. The van der Waals surface area contributed by atoms with Crippen molar-refractivity contribution in [2.75, 3.05) is 0 Å². The number of allylic oxidation sites excluding steroid dienone is 1. The van der Waals surface area contributed by atoms with Gasteiger partial charge in [0.15, 0.2) is 0 Å². The van der Waals surface area contributed by atoms with Gasteiger partial charge in [-0.25, -0.2) is 4.39 Å². The van der Waals surface area contributed by atoms with E-state index in [1.807, 2.05) is 6.08 Å². The van der Waals surface area contributed by atoms with Crippen molar-refractivity contribution in [3.63, 3.8) is 0 Å². The SMILES string of the molecule is [CH2]/C=C/c1ccc(F)cc1. The summed E-state index contributed by atoms with van der Waals surface area (Å²) in [5.41, 5.74) is 0.969. The molecule has 1 aromatic rings. The van der Waals surface area contributed by atoms with Gasteiger partial charge in [0.05, 0.1) is 0 Å². The Morgan fingerprint density at radius 1 is 1.20 bits per heavy atom. The van der Waals surface area contributed by atoms with Crippen molar-refractivity contribution in [2.24, 2.45) is 0 Å². The fraction of sp³-hybridized carbons (Fsp3) is 0. The van der Waals surface area contributed by atoms with Crippen molar-refractivity contribution in [1.29, 1.82) is 0 Å². The number of halogens is 1. The second-order valence-corrected chi connectivity index (χ2v) is 1.95. The second-order valence-electron chi connectivity index (χ2n) is 1.95. The highest BCUT2D eigenvalue weighted by atomic mass is 19.1. The monoisotopic (exact) mass is 135 g/mol. The largest absolute Gasteiger partial charge is 0.207 e. The van der Waals surface area contributed by atoms with E-state index in [4.69, 9.17) is 0 Å². The summed E-state index contributed by atoms with van der Waals surface area (Å²) in [5, 5.41) is 0. The van der Waals surface area contributed by atoms with Crippen LogP contribution in [0.5, 0.6) is 0 Å². The highest BCUT2D eigenvalue weighted by Gasteiger charge is 1.86. The Balaban J connectivity index is 2.89. The van der Waals surface area contributed by atoms with Crippen molar-refractivity contribution in [3.8, 4) is 0 Å². The fourth-order valence-electron chi connectivity index (χ4n) is 0.710.